The van der Waals surface area contributed by atoms with Gasteiger partial charge in [-0.3, -0.25) is 24.5 Å². The molecule has 0 aliphatic carbocycles. The monoisotopic (exact) mass is 377 g/mol. The number of benzene rings is 1. The van der Waals surface area contributed by atoms with Crippen molar-refractivity contribution in [2.75, 3.05) is 5.75 Å². The van der Waals surface area contributed by atoms with E-state index in [2.05, 4.69) is 5.32 Å². The van der Waals surface area contributed by atoms with Crippen molar-refractivity contribution >= 4 is 35.5 Å². The number of carbonyl (C=O) groups excluding carboxylic acids is 3. The van der Waals surface area contributed by atoms with Crippen LogP contribution in [0.1, 0.15) is 5.56 Å². The number of thioether (sulfide) groups is 1. The van der Waals surface area contributed by atoms with E-state index in [9.17, 15) is 24.3 Å². The van der Waals surface area contributed by atoms with Gasteiger partial charge >= 0.3 is 5.97 Å². The molecule has 0 bridgehead atoms. The Hall–Kier alpha value is -2.85. The first kappa shape index (κ1) is 18.0. The molecular formula is C16H15N3O6S. The smallest absolute Gasteiger partial charge is 0.353 e. The normalized spacial score (nSPS) is 21.6. The van der Waals surface area contributed by atoms with Gasteiger partial charge in [-0.05, 0) is 5.56 Å². The largest absolute Gasteiger partial charge is 0.477 e. The summed E-state index contributed by atoms with van der Waals surface area (Å²) < 4.78 is 0. The lowest BCUT2D eigenvalue weighted by molar-refractivity contribution is -0.151. The molecule has 10 heteroatoms. The number of aliphatic carboxylic acids is 1. The molecule has 2 atom stereocenters. The van der Waals surface area contributed by atoms with Crippen LogP contribution in [0.3, 0.4) is 0 Å². The second kappa shape index (κ2) is 7.18. The second-order valence-electron chi connectivity index (χ2n) is 5.69. The fourth-order valence-electron chi connectivity index (χ4n) is 2.87. The molecule has 1 fully saturated rings. The summed E-state index contributed by atoms with van der Waals surface area (Å²) in [6, 6.07) is 8.14. The van der Waals surface area contributed by atoms with Crippen molar-refractivity contribution in [2.45, 2.75) is 17.8 Å². The Morgan fingerprint density at radius 2 is 1.92 bits per heavy atom. The van der Waals surface area contributed by atoms with Crippen molar-refractivity contribution in [3.63, 3.8) is 0 Å². The zero-order valence-electron chi connectivity index (χ0n) is 13.3. The number of carboxylic acids is 1. The molecule has 9 nitrogen and oxygen atoms in total. The summed E-state index contributed by atoms with van der Waals surface area (Å²) in [7, 11) is 0. The van der Waals surface area contributed by atoms with Crippen LogP contribution in [-0.2, 0) is 25.6 Å². The molecule has 2 heterocycles. The van der Waals surface area contributed by atoms with E-state index in [0.29, 0.717) is 0 Å². The van der Waals surface area contributed by atoms with Crippen molar-refractivity contribution in [3.05, 3.63) is 47.2 Å². The van der Waals surface area contributed by atoms with Gasteiger partial charge in [-0.2, -0.15) is 0 Å². The number of hydrogen-bond donors (Lipinski definition) is 4. The van der Waals surface area contributed by atoms with E-state index in [4.69, 9.17) is 5.21 Å². The molecule has 0 spiro atoms. The number of fused-ring (bicyclic) bond motifs is 1. The van der Waals surface area contributed by atoms with Gasteiger partial charge in [0, 0.05) is 5.75 Å². The molecule has 0 aromatic heterocycles. The van der Waals surface area contributed by atoms with E-state index in [0.717, 1.165) is 22.2 Å². The molecule has 0 radical (unpaired) electrons. The Labute approximate surface area is 152 Å². The summed E-state index contributed by atoms with van der Waals surface area (Å²) in [5, 5.41) is 20.1. The Morgan fingerprint density at radius 3 is 2.54 bits per heavy atom. The molecule has 26 heavy (non-hydrogen) atoms. The van der Waals surface area contributed by atoms with Crippen LogP contribution >= 0.6 is 11.8 Å². The fraction of sp³-hybridized carbons (Fsp3) is 0.250. The van der Waals surface area contributed by atoms with E-state index in [1.165, 1.54) is 5.48 Å². The minimum Gasteiger partial charge on any atom is -0.477 e. The molecule has 4 N–H and O–H groups in total. The maximum absolute atomic E-state index is 12.4. The quantitative estimate of drug-likeness (QED) is 0.308. The topological polar surface area (TPSA) is 136 Å². The summed E-state index contributed by atoms with van der Waals surface area (Å²) in [5.74, 6) is -3.39. The third-order valence-corrected chi connectivity index (χ3v) is 5.35. The lowest BCUT2D eigenvalue weighted by atomic mass is 10.0. The number of hydroxylamine groups is 1. The molecule has 1 unspecified atom stereocenters. The first-order valence-electron chi connectivity index (χ1n) is 7.63. The number of β-lactam (4-membered cyclic amide) rings is 1. The van der Waals surface area contributed by atoms with E-state index in [1.54, 1.807) is 24.3 Å². The van der Waals surface area contributed by atoms with Crippen LogP contribution < -0.4 is 10.8 Å². The summed E-state index contributed by atoms with van der Waals surface area (Å²) in [6.07, 6.45) is 0.0990. The van der Waals surface area contributed by atoms with Gasteiger partial charge in [-0.15, -0.1) is 11.8 Å². The SMILES string of the molecule is O=C(Cc1ccccc1)NC1C(=O)N2C(C(=O)O)=C(C(=O)NO)CS[C@H]12. The van der Waals surface area contributed by atoms with E-state index < -0.39 is 34.9 Å². The molecule has 2 aliphatic heterocycles. The molecule has 1 aromatic carbocycles. The van der Waals surface area contributed by atoms with Crippen LogP contribution in [-0.4, -0.2) is 56.1 Å². The maximum atomic E-state index is 12.4. The van der Waals surface area contributed by atoms with Crippen molar-refractivity contribution in [2.24, 2.45) is 0 Å². The third kappa shape index (κ3) is 3.16. The van der Waals surface area contributed by atoms with Gasteiger partial charge in [0.25, 0.3) is 11.8 Å². The summed E-state index contributed by atoms with van der Waals surface area (Å²) in [6.45, 7) is 0. The highest BCUT2D eigenvalue weighted by Gasteiger charge is 2.54. The van der Waals surface area contributed by atoms with Crippen LogP contribution in [0.5, 0.6) is 0 Å². The van der Waals surface area contributed by atoms with Gasteiger partial charge in [0.05, 0.1) is 12.0 Å². The lowest BCUT2D eigenvalue weighted by Crippen LogP contribution is -2.71. The fourth-order valence-corrected chi connectivity index (χ4v) is 4.21. The number of hydrogen-bond acceptors (Lipinski definition) is 6. The first-order valence-corrected chi connectivity index (χ1v) is 8.67. The summed E-state index contributed by atoms with van der Waals surface area (Å²) in [5.41, 5.74) is 1.49. The Bertz CT molecular complexity index is 809. The summed E-state index contributed by atoms with van der Waals surface area (Å²) in [4.78, 5) is 48.6. The minimum absolute atomic E-state index is 0.00642. The molecule has 2 aliphatic rings. The second-order valence-corrected chi connectivity index (χ2v) is 6.80. The van der Waals surface area contributed by atoms with Crippen molar-refractivity contribution < 1.29 is 29.5 Å². The maximum Gasteiger partial charge on any atom is 0.353 e. The molecular weight excluding hydrogens is 362 g/mol. The Kier molecular flexibility index (Phi) is 4.96. The number of nitrogens with one attached hydrogen (secondary N) is 2. The molecule has 1 saturated heterocycles. The highest BCUT2D eigenvalue weighted by molar-refractivity contribution is 8.00. The zero-order valence-corrected chi connectivity index (χ0v) is 14.2. The van der Waals surface area contributed by atoms with Gasteiger partial charge in [0.15, 0.2) is 0 Å². The molecule has 1 aromatic rings. The van der Waals surface area contributed by atoms with Gasteiger partial charge in [0.1, 0.15) is 17.1 Å². The first-order chi connectivity index (χ1) is 12.4. The van der Waals surface area contributed by atoms with Crippen molar-refractivity contribution in [3.8, 4) is 0 Å². The molecule has 0 saturated carbocycles. The zero-order chi connectivity index (χ0) is 18.8. The summed E-state index contributed by atoms with van der Waals surface area (Å²) >= 11 is 1.14. The Morgan fingerprint density at radius 1 is 1.23 bits per heavy atom. The van der Waals surface area contributed by atoms with Crippen LogP contribution in [0.25, 0.3) is 0 Å². The van der Waals surface area contributed by atoms with Gasteiger partial charge in [-0.25, -0.2) is 10.3 Å². The third-order valence-electron chi connectivity index (χ3n) is 4.07. The number of amides is 3. The predicted molar refractivity (Wildman–Crippen MR) is 89.8 cm³/mol. The van der Waals surface area contributed by atoms with Crippen molar-refractivity contribution in [1.29, 1.82) is 0 Å². The minimum atomic E-state index is -1.45. The molecule has 3 amide bonds. The van der Waals surface area contributed by atoms with E-state index >= 15 is 0 Å². The van der Waals surface area contributed by atoms with Crippen LogP contribution in [0, 0.1) is 0 Å². The van der Waals surface area contributed by atoms with Crippen LogP contribution in [0.2, 0.25) is 0 Å². The lowest BCUT2D eigenvalue weighted by Gasteiger charge is -2.49. The van der Waals surface area contributed by atoms with Crippen molar-refractivity contribution in [1.82, 2.24) is 15.7 Å². The number of carboxylic acid groups (broad SMARTS) is 1. The Balaban J connectivity index is 1.73. The van der Waals surface area contributed by atoms with Crippen LogP contribution in [0.15, 0.2) is 41.6 Å². The van der Waals surface area contributed by atoms with Gasteiger partial charge in [0.2, 0.25) is 5.91 Å². The highest BCUT2D eigenvalue weighted by Crippen LogP contribution is 2.40. The van der Waals surface area contributed by atoms with Crippen LogP contribution in [0.4, 0.5) is 0 Å². The van der Waals surface area contributed by atoms with E-state index in [1.807, 2.05) is 6.07 Å². The predicted octanol–water partition coefficient (Wildman–Crippen LogP) is -0.527. The standard InChI is InChI=1S/C16H15N3O6S/c20-10(6-8-4-2-1-3-5-8)17-11-14(22)19-12(16(23)24)9(13(21)18-25)7-26-15(11)19/h1-5,11,15,25H,6-7H2,(H,17,20)(H,18,21)(H,23,24)/t11?,15-/m1/s1. The van der Waals surface area contributed by atoms with Gasteiger partial charge < -0.3 is 10.4 Å². The van der Waals surface area contributed by atoms with E-state index in [-0.39, 0.29) is 23.7 Å². The highest BCUT2D eigenvalue weighted by atomic mass is 32.2. The average molecular weight is 377 g/mol. The average Bonchev–Trinajstić information content (AvgIpc) is 2.64. The molecule has 136 valence electrons. The number of rotatable bonds is 5. The molecule has 3 rings (SSSR count). The van der Waals surface area contributed by atoms with Gasteiger partial charge in [-0.1, -0.05) is 30.3 Å². The number of nitrogens with zero attached hydrogens (tertiary/aromatic N) is 1. The number of carbonyl (C=O) groups is 4.